The Morgan fingerprint density at radius 3 is 3.10 bits per heavy atom. The normalized spacial score (nSPS) is 19.0. The number of nitrogens with zero attached hydrogens (tertiary/aromatic N) is 4. The zero-order valence-electron chi connectivity index (χ0n) is 12.4. The van der Waals surface area contributed by atoms with Crippen molar-refractivity contribution < 1.29 is 0 Å². The monoisotopic (exact) mass is 290 g/mol. The van der Waals surface area contributed by atoms with E-state index in [-0.39, 0.29) is 5.69 Å². The lowest BCUT2D eigenvalue weighted by Gasteiger charge is -2.31. The summed E-state index contributed by atoms with van der Waals surface area (Å²) in [5, 5.41) is 14.3. The van der Waals surface area contributed by atoms with E-state index in [1.165, 1.54) is 23.8 Å². The number of H-pyrrole nitrogens is 1. The Hall–Kier alpha value is -1.89. The molecule has 0 spiro atoms. The van der Waals surface area contributed by atoms with Crippen LogP contribution < -0.4 is 15.9 Å². The van der Waals surface area contributed by atoms with Gasteiger partial charge in [0.15, 0.2) is 5.65 Å². The van der Waals surface area contributed by atoms with E-state index in [1.54, 1.807) is 0 Å². The van der Waals surface area contributed by atoms with Crippen LogP contribution in [0.2, 0.25) is 0 Å². The number of hydrogen-bond donors (Lipinski definition) is 2. The average molecular weight is 290 g/mol. The molecule has 1 fully saturated rings. The minimum atomic E-state index is -0.293. The first kappa shape index (κ1) is 14.1. The number of piperidine rings is 1. The molecule has 0 saturated carbocycles. The molecule has 2 aromatic heterocycles. The van der Waals surface area contributed by atoms with E-state index < -0.39 is 0 Å². The van der Waals surface area contributed by atoms with Gasteiger partial charge in [0.05, 0.1) is 0 Å². The molecular weight excluding hydrogens is 268 g/mol. The van der Waals surface area contributed by atoms with Crippen molar-refractivity contribution in [1.82, 2.24) is 25.1 Å². The minimum Gasteiger partial charge on any atom is -0.354 e. The molecule has 21 heavy (non-hydrogen) atoms. The van der Waals surface area contributed by atoms with Gasteiger partial charge in [-0.15, -0.1) is 5.10 Å². The van der Waals surface area contributed by atoms with Crippen LogP contribution in [-0.2, 0) is 0 Å². The largest absolute Gasteiger partial charge is 0.364 e. The smallest absolute Gasteiger partial charge is 0.354 e. The third kappa shape index (κ3) is 3.07. The molecule has 1 aliphatic rings. The van der Waals surface area contributed by atoms with Crippen molar-refractivity contribution in [3.05, 3.63) is 22.6 Å². The summed E-state index contributed by atoms with van der Waals surface area (Å²) in [6, 6.07) is 4.27. The molecule has 1 atom stereocenters. The van der Waals surface area contributed by atoms with Crippen LogP contribution in [0.5, 0.6) is 0 Å². The fourth-order valence-electron chi connectivity index (χ4n) is 2.88. The lowest BCUT2D eigenvalue weighted by molar-refractivity contribution is 0.398. The standard InChI is InChI=1S/C14H22N6O/c1-2-9-19(10-11-5-3-4-8-15-11)13-7-6-12-16-17-14(21)20(12)18-13/h6-7,11,15H,2-5,8-10H2,1H3,(H,17,21). The summed E-state index contributed by atoms with van der Waals surface area (Å²) >= 11 is 0. The molecule has 0 aromatic carbocycles. The molecule has 0 aliphatic carbocycles. The Balaban J connectivity index is 1.83. The quantitative estimate of drug-likeness (QED) is 0.850. The summed E-state index contributed by atoms with van der Waals surface area (Å²) in [5.74, 6) is 0.834. The Labute approximate surface area is 123 Å². The lowest BCUT2D eigenvalue weighted by Crippen LogP contribution is -2.44. The molecule has 2 N–H and O–H groups in total. The fourth-order valence-corrected chi connectivity index (χ4v) is 2.88. The number of hydrogen-bond acceptors (Lipinski definition) is 5. The minimum absolute atomic E-state index is 0.293. The molecular formula is C14H22N6O. The van der Waals surface area contributed by atoms with Gasteiger partial charge in [-0.05, 0) is 37.9 Å². The molecule has 1 unspecified atom stereocenters. The number of fused-ring (bicyclic) bond motifs is 1. The molecule has 2 aromatic rings. The van der Waals surface area contributed by atoms with Crippen molar-refractivity contribution in [2.24, 2.45) is 0 Å². The van der Waals surface area contributed by atoms with Crippen LogP contribution in [0.3, 0.4) is 0 Å². The van der Waals surface area contributed by atoms with Crippen molar-refractivity contribution in [2.45, 2.75) is 38.6 Å². The van der Waals surface area contributed by atoms with E-state index >= 15 is 0 Å². The number of aromatic nitrogens is 4. The zero-order chi connectivity index (χ0) is 14.7. The van der Waals surface area contributed by atoms with Gasteiger partial charge in [-0.3, -0.25) is 0 Å². The summed E-state index contributed by atoms with van der Waals surface area (Å²) in [7, 11) is 0. The van der Waals surface area contributed by atoms with E-state index in [4.69, 9.17) is 0 Å². The van der Waals surface area contributed by atoms with Gasteiger partial charge < -0.3 is 10.2 Å². The van der Waals surface area contributed by atoms with Crippen LogP contribution in [-0.4, -0.2) is 45.5 Å². The van der Waals surface area contributed by atoms with Crippen molar-refractivity contribution in [2.75, 3.05) is 24.5 Å². The number of aromatic amines is 1. The maximum atomic E-state index is 11.7. The van der Waals surface area contributed by atoms with Crippen molar-refractivity contribution in [3.63, 3.8) is 0 Å². The van der Waals surface area contributed by atoms with Gasteiger partial charge >= 0.3 is 5.69 Å². The molecule has 3 heterocycles. The molecule has 7 heteroatoms. The highest BCUT2D eigenvalue weighted by Crippen LogP contribution is 2.15. The average Bonchev–Trinajstić information content (AvgIpc) is 2.89. The van der Waals surface area contributed by atoms with Crippen molar-refractivity contribution in [3.8, 4) is 0 Å². The van der Waals surface area contributed by atoms with Crippen LogP contribution >= 0.6 is 0 Å². The van der Waals surface area contributed by atoms with E-state index in [0.29, 0.717) is 11.7 Å². The van der Waals surface area contributed by atoms with Gasteiger partial charge in [0, 0.05) is 19.1 Å². The summed E-state index contributed by atoms with van der Waals surface area (Å²) in [6.45, 7) is 5.12. The molecule has 0 bridgehead atoms. The summed E-state index contributed by atoms with van der Waals surface area (Å²) in [4.78, 5) is 13.9. The Kier molecular flexibility index (Phi) is 4.19. The van der Waals surface area contributed by atoms with Crippen molar-refractivity contribution >= 4 is 11.5 Å². The number of anilines is 1. The third-order valence-electron chi connectivity index (χ3n) is 3.93. The zero-order valence-corrected chi connectivity index (χ0v) is 12.4. The van der Waals surface area contributed by atoms with Crippen LogP contribution in [0.4, 0.5) is 5.82 Å². The molecule has 114 valence electrons. The SMILES string of the molecule is CCCN(CC1CCCCN1)c1ccc2n[nH]c(=O)n2n1. The second-order valence-electron chi connectivity index (χ2n) is 5.58. The highest BCUT2D eigenvalue weighted by Gasteiger charge is 2.18. The van der Waals surface area contributed by atoms with Gasteiger partial charge in [-0.2, -0.15) is 9.61 Å². The Bertz CT molecular complexity index is 642. The van der Waals surface area contributed by atoms with E-state index in [0.717, 1.165) is 31.9 Å². The molecule has 7 nitrogen and oxygen atoms in total. The van der Waals surface area contributed by atoms with Crippen LogP contribution in [0.1, 0.15) is 32.6 Å². The van der Waals surface area contributed by atoms with Gasteiger partial charge in [0.1, 0.15) is 5.82 Å². The van der Waals surface area contributed by atoms with Gasteiger partial charge in [-0.1, -0.05) is 13.3 Å². The maximum Gasteiger partial charge on any atom is 0.364 e. The molecule has 1 saturated heterocycles. The number of nitrogens with one attached hydrogen (secondary N) is 2. The van der Waals surface area contributed by atoms with Gasteiger partial charge in [0.25, 0.3) is 0 Å². The van der Waals surface area contributed by atoms with Crippen molar-refractivity contribution in [1.29, 1.82) is 0 Å². The first-order valence-corrected chi connectivity index (χ1v) is 7.70. The van der Waals surface area contributed by atoms with Gasteiger partial charge in [-0.25, -0.2) is 9.89 Å². The first-order chi connectivity index (χ1) is 10.3. The Morgan fingerprint density at radius 1 is 1.43 bits per heavy atom. The summed E-state index contributed by atoms with van der Waals surface area (Å²) < 4.78 is 1.33. The maximum absolute atomic E-state index is 11.7. The summed E-state index contributed by atoms with van der Waals surface area (Å²) in [5.41, 5.74) is 0.259. The third-order valence-corrected chi connectivity index (χ3v) is 3.93. The highest BCUT2D eigenvalue weighted by atomic mass is 16.2. The predicted octanol–water partition coefficient (Wildman–Crippen LogP) is 0.776. The molecule has 3 rings (SSSR count). The first-order valence-electron chi connectivity index (χ1n) is 7.70. The Morgan fingerprint density at radius 2 is 2.33 bits per heavy atom. The number of rotatable bonds is 5. The van der Waals surface area contributed by atoms with Crippen LogP contribution in [0, 0.1) is 0 Å². The van der Waals surface area contributed by atoms with E-state index in [9.17, 15) is 4.79 Å². The summed E-state index contributed by atoms with van der Waals surface area (Å²) in [6.07, 6.45) is 4.80. The van der Waals surface area contributed by atoms with E-state index in [2.05, 4.69) is 32.4 Å². The molecule has 1 aliphatic heterocycles. The fraction of sp³-hybridized carbons (Fsp3) is 0.643. The predicted molar refractivity (Wildman–Crippen MR) is 81.8 cm³/mol. The molecule has 0 amide bonds. The topological polar surface area (TPSA) is 78.3 Å². The van der Waals surface area contributed by atoms with Crippen LogP contribution in [0.25, 0.3) is 5.65 Å². The second-order valence-corrected chi connectivity index (χ2v) is 5.58. The second kappa shape index (κ2) is 6.26. The van der Waals surface area contributed by atoms with E-state index in [1.807, 2.05) is 12.1 Å². The molecule has 0 radical (unpaired) electrons. The van der Waals surface area contributed by atoms with Crippen LogP contribution in [0.15, 0.2) is 16.9 Å². The highest BCUT2D eigenvalue weighted by molar-refractivity contribution is 5.45. The van der Waals surface area contributed by atoms with Gasteiger partial charge in [0.2, 0.25) is 0 Å². The lowest BCUT2D eigenvalue weighted by atomic mass is 10.0.